The SMILES string of the molecule is CCc1ccccc1.[H-].[Na+]. The van der Waals surface area contributed by atoms with Crippen LogP contribution in [0.2, 0.25) is 0 Å². The van der Waals surface area contributed by atoms with E-state index in [1.165, 1.54) is 5.56 Å². The van der Waals surface area contributed by atoms with Crippen molar-refractivity contribution in [2.45, 2.75) is 13.3 Å². The maximum Gasteiger partial charge on any atom is 1.00 e. The zero-order chi connectivity index (χ0) is 5.82. The van der Waals surface area contributed by atoms with E-state index in [0.717, 1.165) is 6.42 Å². The number of hydrogen-bond donors (Lipinski definition) is 0. The minimum absolute atomic E-state index is 0. The summed E-state index contributed by atoms with van der Waals surface area (Å²) in [6.45, 7) is 2.16. The van der Waals surface area contributed by atoms with Gasteiger partial charge in [0.1, 0.15) is 0 Å². The smallest absolute Gasteiger partial charge is 1.00 e. The van der Waals surface area contributed by atoms with Crippen molar-refractivity contribution in [1.82, 2.24) is 0 Å². The van der Waals surface area contributed by atoms with Gasteiger partial charge in [0, 0.05) is 0 Å². The maximum absolute atomic E-state index is 2.16. The summed E-state index contributed by atoms with van der Waals surface area (Å²) < 4.78 is 0. The third-order valence-corrected chi connectivity index (χ3v) is 1.25. The Hall–Kier alpha value is 0.220. The second-order valence-electron chi connectivity index (χ2n) is 1.84. The summed E-state index contributed by atoms with van der Waals surface area (Å²) in [4.78, 5) is 0. The molecule has 0 fully saturated rings. The molecule has 0 radical (unpaired) electrons. The summed E-state index contributed by atoms with van der Waals surface area (Å²) in [5, 5.41) is 0. The fourth-order valence-corrected chi connectivity index (χ4v) is 0.714. The molecule has 0 nitrogen and oxygen atoms in total. The van der Waals surface area contributed by atoms with Gasteiger partial charge in [-0.1, -0.05) is 37.3 Å². The van der Waals surface area contributed by atoms with Gasteiger partial charge >= 0.3 is 29.6 Å². The molecule has 1 rings (SSSR count). The van der Waals surface area contributed by atoms with Crippen molar-refractivity contribution in [3.8, 4) is 0 Å². The number of benzene rings is 1. The van der Waals surface area contributed by atoms with E-state index in [2.05, 4.69) is 31.2 Å². The largest absolute Gasteiger partial charge is 1.00 e. The minimum atomic E-state index is 0. The van der Waals surface area contributed by atoms with E-state index in [1.54, 1.807) is 0 Å². The molecule has 0 atom stereocenters. The van der Waals surface area contributed by atoms with Crippen LogP contribution in [0.25, 0.3) is 0 Å². The zero-order valence-electron chi connectivity index (χ0n) is 7.09. The van der Waals surface area contributed by atoms with E-state index in [1.807, 2.05) is 6.07 Å². The van der Waals surface area contributed by atoms with Crippen LogP contribution in [-0.4, -0.2) is 0 Å². The second-order valence-corrected chi connectivity index (χ2v) is 1.84. The third kappa shape index (κ3) is 3.04. The zero-order valence-corrected chi connectivity index (χ0v) is 8.09. The van der Waals surface area contributed by atoms with Gasteiger partial charge in [0.15, 0.2) is 0 Å². The van der Waals surface area contributed by atoms with Crippen LogP contribution in [0.4, 0.5) is 0 Å². The fourth-order valence-electron chi connectivity index (χ4n) is 0.714. The van der Waals surface area contributed by atoms with E-state index in [4.69, 9.17) is 0 Å². The molecule has 0 saturated heterocycles. The summed E-state index contributed by atoms with van der Waals surface area (Å²) in [5.74, 6) is 0. The first-order valence-electron chi connectivity index (χ1n) is 2.97. The molecule has 0 saturated carbocycles. The number of hydrogen-bond acceptors (Lipinski definition) is 0. The third-order valence-electron chi connectivity index (χ3n) is 1.25. The van der Waals surface area contributed by atoms with E-state index >= 15 is 0 Å². The van der Waals surface area contributed by atoms with Crippen LogP contribution in [0.15, 0.2) is 30.3 Å². The van der Waals surface area contributed by atoms with E-state index < -0.39 is 0 Å². The first-order chi connectivity index (χ1) is 3.93. The van der Waals surface area contributed by atoms with Crippen LogP contribution < -0.4 is 29.6 Å². The number of aryl methyl sites for hydroxylation is 1. The normalized spacial score (nSPS) is 8.11. The van der Waals surface area contributed by atoms with E-state index in [9.17, 15) is 0 Å². The Morgan fingerprint density at radius 3 is 2.11 bits per heavy atom. The van der Waals surface area contributed by atoms with Crippen molar-refractivity contribution >= 4 is 0 Å². The Bertz CT molecular complexity index is 151. The Morgan fingerprint density at radius 2 is 1.78 bits per heavy atom. The quantitative estimate of drug-likeness (QED) is 0.444. The average Bonchev–Trinajstić information content (AvgIpc) is 1.90. The van der Waals surface area contributed by atoms with Crippen LogP contribution in [-0.2, 0) is 6.42 Å². The van der Waals surface area contributed by atoms with Gasteiger partial charge in [-0.05, 0) is 12.0 Å². The van der Waals surface area contributed by atoms with Crippen molar-refractivity contribution in [2.75, 3.05) is 0 Å². The molecular weight excluding hydrogens is 119 g/mol. The first-order valence-corrected chi connectivity index (χ1v) is 2.97. The van der Waals surface area contributed by atoms with Crippen LogP contribution in [0.1, 0.15) is 13.9 Å². The van der Waals surface area contributed by atoms with Gasteiger partial charge < -0.3 is 1.43 Å². The Balaban J connectivity index is 0. The topological polar surface area (TPSA) is 0 Å². The van der Waals surface area contributed by atoms with Gasteiger partial charge in [-0.2, -0.15) is 0 Å². The molecule has 0 amide bonds. The molecule has 0 aliphatic heterocycles. The van der Waals surface area contributed by atoms with Gasteiger partial charge in [-0.25, -0.2) is 0 Å². The van der Waals surface area contributed by atoms with Gasteiger partial charge in [0.05, 0.1) is 0 Å². The molecule has 1 aromatic carbocycles. The monoisotopic (exact) mass is 130 g/mol. The van der Waals surface area contributed by atoms with Gasteiger partial charge in [-0.15, -0.1) is 0 Å². The van der Waals surface area contributed by atoms with Crippen LogP contribution in [0.5, 0.6) is 0 Å². The fraction of sp³-hybridized carbons (Fsp3) is 0.250. The average molecular weight is 130 g/mol. The number of rotatable bonds is 1. The molecule has 0 aliphatic rings. The summed E-state index contributed by atoms with van der Waals surface area (Å²) >= 11 is 0. The van der Waals surface area contributed by atoms with Gasteiger partial charge in [0.25, 0.3) is 0 Å². The van der Waals surface area contributed by atoms with Gasteiger partial charge in [-0.3, -0.25) is 0 Å². The van der Waals surface area contributed by atoms with Crippen molar-refractivity contribution in [3.05, 3.63) is 35.9 Å². The maximum atomic E-state index is 2.16. The van der Waals surface area contributed by atoms with Crippen molar-refractivity contribution in [2.24, 2.45) is 0 Å². The second kappa shape index (κ2) is 5.04. The standard InChI is InChI=1S/C8H10.Na.H/c1-2-8-6-4-3-5-7-8;;/h3-7H,2H2,1H3;;/q;+1;-1. The molecule has 0 unspecified atom stereocenters. The van der Waals surface area contributed by atoms with Crippen LogP contribution in [0, 0.1) is 0 Å². The van der Waals surface area contributed by atoms with Crippen molar-refractivity contribution in [3.63, 3.8) is 0 Å². The van der Waals surface area contributed by atoms with Crippen LogP contribution >= 0.6 is 0 Å². The van der Waals surface area contributed by atoms with Crippen molar-refractivity contribution < 1.29 is 31.0 Å². The summed E-state index contributed by atoms with van der Waals surface area (Å²) in [6, 6.07) is 10.5. The Kier molecular flexibility index (Phi) is 5.16. The van der Waals surface area contributed by atoms with E-state index in [-0.39, 0.29) is 31.0 Å². The Morgan fingerprint density at radius 1 is 1.22 bits per heavy atom. The minimum Gasteiger partial charge on any atom is -1.00 e. The molecule has 0 N–H and O–H groups in total. The molecule has 0 heterocycles. The summed E-state index contributed by atoms with van der Waals surface area (Å²) in [7, 11) is 0. The van der Waals surface area contributed by atoms with Gasteiger partial charge in [0.2, 0.25) is 0 Å². The molecule has 9 heavy (non-hydrogen) atoms. The predicted octanol–water partition coefficient (Wildman–Crippen LogP) is -0.635. The molecule has 0 spiro atoms. The van der Waals surface area contributed by atoms with E-state index in [0.29, 0.717) is 0 Å². The molecule has 44 valence electrons. The molecule has 0 aliphatic carbocycles. The first kappa shape index (κ1) is 9.22. The molecular formula is C8H11Na. The summed E-state index contributed by atoms with van der Waals surface area (Å²) in [6.07, 6.45) is 1.14. The molecule has 0 bridgehead atoms. The molecule has 0 aromatic heterocycles. The Labute approximate surface area is 80.1 Å². The summed E-state index contributed by atoms with van der Waals surface area (Å²) in [5.41, 5.74) is 1.41. The molecule has 1 aromatic rings. The van der Waals surface area contributed by atoms with Crippen molar-refractivity contribution in [1.29, 1.82) is 0 Å². The molecule has 1 heteroatoms. The predicted molar refractivity (Wildman–Crippen MR) is 36.9 cm³/mol. The van der Waals surface area contributed by atoms with Crippen LogP contribution in [0.3, 0.4) is 0 Å².